The summed E-state index contributed by atoms with van der Waals surface area (Å²) in [4.78, 5) is 0. The average molecular weight is 469 g/mol. The second-order valence-corrected chi connectivity index (χ2v) is 12.6. The Balaban J connectivity index is 1.78. The third-order valence-electron chi connectivity index (χ3n) is 6.95. The van der Waals surface area contributed by atoms with Crippen LogP contribution in [0.3, 0.4) is 0 Å². The lowest BCUT2D eigenvalue weighted by molar-refractivity contribution is -0.659. The van der Waals surface area contributed by atoms with Crippen LogP contribution in [-0.4, -0.2) is 0 Å². The molecular formula is C31H34NO3+. The van der Waals surface area contributed by atoms with Crippen LogP contribution in [0.5, 0.6) is 11.5 Å². The zero-order valence-corrected chi connectivity index (χ0v) is 22.1. The van der Waals surface area contributed by atoms with E-state index in [0.717, 1.165) is 74.4 Å². The molecule has 0 bridgehead atoms. The van der Waals surface area contributed by atoms with Crippen molar-refractivity contribution >= 4 is 32.9 Å². The van der Waals surface area contributed by atoms with E-state index in [-0.39, 0.29) is 10.8 Å². The number of pyridine rings is 1. The van der Waals surface area contributed by atoms with Gasteiger partial charge in [-0.15, -0.1) is 0 Å². The van der Waals surface area contributed by atoms with Gasteiger partial charge in [0.2, 0.25) is 5.69 Å². The van der Waals surface area contributed by atoms with E-state index in [0.29, 0.717) is 0 Å². The largest absolute Gasteiger partial charge is 0.456 e. The molecule has 6 rings (SSSR count). The Morgan fingerprint density at radius 1 is 0.800 bits per heavy atom. The molecule has 1 aliphatic rings. The van der Waals surface area contributed by atoms with Crippen molar-refractivity contribution in [3.8, 4) is 22.8 Å². The Morgan fingerprint density at radius 2 is 1.51 bits per heavy atom. The van der Waals surface area contributed by atoms with E-state index in [2.05, 4.69) is 84.5 Å². The van der Waals surface area contributed by atoms with Crippen molar-refractivity contribution in [2.45, 2.75) is 61.3 Å². The molecular weight excluding hydrogens is 434 g/mol. The molecule has 0 spiro atoms. The van der Waals surface area contributed by atoms with Gasteiger partial charge in [0.15, 0.2) is 17.5 Å². The van der Waals surface area contributed by atoms with Crippen LogP contribution in [0.2, 0.25) is 0 Å². The number of para-hydroxylation sites is 1. The maximum atomic E-state index is 6.96. The van der Waals surface area contributed by atoms with Gasteiger partial charge in [0.25, 0.3) is 0 Å². The fraction of sp³-hybridized carbons (Fsp3) is 0.387. The van der Waals surface area contributed by atoms with Gasteiger partial charge in [-0.1, -0.05) is 59.7 Å². The van der Waals surface area contributed by atoms with Crippen LogP contribution in [0.15, 0.2) is 45.4 Å². The number of fused-ring (bicyclic) bond motifs is 5. The molecule has 35 heavy (non-hydrogen) atoms. The molecule has 2 aromatic carbocycles. The Labute approximate surface area is 206 Å². The summed E-state index contributed by atoms with van der Waals surface area (Å²) in [6.45, 7) is 15.7. The van der Waals surface area contributed by atoms with E-state index in [9.17, 15) is 0 Å². The molecule has 0 saturated carbocycles. The van der Waals surface area contributed by atoms with Gasteiger partial charge in [-0.05, 0) is 30.2 Å². The number of rotatable bonds is 2. The fourth-order valence-corrected chi connectivity index (χ4v) is 5.62. The predicted molar refractivity (Wildman–Crippen MR) is 141 cm³/mol. The van der Waals surface area contributed by atoms with Gasteiger partial charge in [0.1, 0.15) is 35.1 Å². The summed E-state index contributed by atoms with van der Waals surface area (Å²) in [6, 6.07) is 10.4. The molecule has 0 saturated heterocycles. The van der Waals surface area contributed by atoms with Crippen LogP contribution in [0.4, 0.5) is 0 Å². The van der Waals surface area contributed by atoms with Crippen LogP contribution < -0.4 is 9.30 Å². The number of furan rings is 2. The Hall–Kier alpha value is -3.27. The summed E-state index contributed by atoms with van der Waals surface area (Å²) in [7, 11) is 2.11. The highest BCUT2D eigenvalue weighted by molar-refractivity contribution is 6.13. The molecule has 4 heteroatoms. The normalized spacial score (nSPS) is 13.6. The molecule has 0 unspecified atom stereocenters. The number of hydrogen-bond acceptors (Lipinski definition) is 3. The van der Waals surface area contributed by atoms with Gasteiger partial charge in [-0.25, -0.2) is 0 Å². The van der Waals surface area contributed by atoms with Crippen molar-refractivity contribution in [1.82, 2.24) is 0 Å². The fourth-order valence-electron chi connectivity index (χ4n) is 5.62. The molecule has 3 aromatic heterocycles. The first-order chi connectivity index (χ1) is 16.4. The molecule has 0 amide bonds. The quantitative estimate of drug-likeness (QED) is 0.239. The van der Waals surface area contributed by atoms with E-state index in [1.165, 1.54) is 10.9 Å². The highest BCUT2D eigenvalue weighted by Gasteiger charge is 2.38. The lowest BCUT2D eigenvalue weighted by atomic mass is 9.82. The van der Waals surface area contributed by atoms with E-state index < -0.39 is 0 Å². The molecule has 1 aliphatic heterocycles. The minimum absolute atomic E-state index is 0.0663. The standard InChI is InChI=1S/C31H34NO3/c1-17-23-26-25-21(13-14-32(26)8)33-22(16-31(5,6)7)29(25)35-28(23)19(15-30(2,3)4)24-18-11-9-10-12-20(18)34-27(17)24/h9-14H,15-16H2,1-8H3/q+1. The molecule has 0 aliphatic carbocycles. The van der Waals surface area contributed by atoms with Crippen LogP contribution in [0.25, 0.3) is 44.2 Å². The first-order valence-corrected chi connectivity index (χ1v) is 12.5. The second kappa shape index (κ2) is 7.13. The predicted octanol–water partition coefficient (Wildman–Crippen LogP) is 8.42. The minimum Gasteiger partial charge on any atom is -0.456 e. The van der Waals surface area contributed by atoms with E-state index in [4.69, 9.17) is 13.6 Å². The molecule has 0 fully saturated rings. The van der Waals surface area contributed by atoms with E-state index in [1.807, 2.05) is 12.1 Å². The van der Waals surface area contributed by atoms with Crippen molar-refractivity contribution in [1.29, 1.82) is 0 Å². The minimum atomic E-state index is 0.0663. The zero-order chi connectivity index (χ0) is 24.9. The van der Waals surface area contributed by atoms with Gasteiger partial charge in [0.05, 0.1) is 5.56 Å². The van der Waals surface area contributed by atoms with Crippen molar-refractivity contribution in [2.24, 2.45) is 17.9 Å². The van der Waals surface area contributed by atoms with Gasteiger partial charge in [-0.3, -0.25) is 0 Å². The Kier molecular flexibility index (Phi) is 4.52. The summed E-state index contributed by atoms with van der Waals surface area (Å²) in [5.74, 6) is 2.74. The van der Waals surface area contributed by atoms with Crippen molar-refractivity contribution in [3.63, 3.8) is 0 Å². The van der Waals surface area contributed by atoms with Crippen LogP contribution >= 0.6 is 0 Å². The van der Waals surface area contributed by atoms with Crippen molar-refractivity contribution in [2.75, 3.05) is 0 Å². The molecule has 0 atom stereocenters. The number of hydrogen-bond donors (Lipinski definition) is 0. The molecule has 4 heterocycles. The smallest absolute Gasteiger partial charge is 0.231 e. The summed E-state index contributed by atoms with van der Waals surface area (Å²) < 4.78 is 22.1. The Bertz CT molecular complexity index is 1650. The van der Waals surface area contributed by atoms with Gasteiger partial charge >= 0.3 is 0 Å². The monoisotopic (exact) mass is 468 g/mol. The van der Waals surface area contributed by atoms with Crippen LogP contribution in [-0.2, 0) is 19.9 Å². The van der Waals surface area contributed by atoms with E-state index in [1.54, 1.807) is 0 Å². The number of aryl methyl sites for hydroxylation is 2. The van der Waals surface area contributed by atoms with Crippen molar-refractivity contribution in [3.05, 3.63) is 53.4 Å². The molecule has 4 nitrogen and oxygen atoms in total. The van der Waals surface area contributed by atoms with Gasteiger partial charge in [-0.2, -0.15) is 4.57 Å². The number of benzene rings is 2. The number of nitrogens with zero attached hydrogens (tertiary/aromatic N) is 1. The molecule has 0 N–H and O–H groups in total. The van der Waals surface area contributed by atoms with E-state index >= 15 is 0 Å². The highest BCUT2D eigenvalue weighted by Crippen LogP contribution is 2.55. The lowest BCUT2D eigenvalue weighted by Gasteiger charge is -2.26. The number of ether oxygens (including phenoxy) is 1. The number of aromatic nitrogens is 1. The van der Waals surface area contributed by atoms with Crippen LogP contribution in [0, 0.1) is 17.8 Å². The second-order valence-electron chi connectivity index (χ2n) is 12.6. The maximum Gasteiger partial charge on any atom is 0.231 e. The topological polar surface area (TPSA) is 39.4 Å². The van der Waals surface area contributed by atoms with Gasteiger partial charge < -0.3 is 13.6 Å². The summed E-state index contributed by atoms with van der Waals surface area (Å²) in [6.07, 6.45) is 3.77. The third-order valence-corrected chi connectivity index (χ3v) is 6.95. The zero-order valence-electron chi connectivity index (χ0n) is 22.1. The molecule has 0 radical (unpaired) electrons. The highest BCUT2D eigenvalue weighted by atomic mass is 16.5. The first kappa shape index (κ1) is 22.2. The molecule has 180 valence electrons. The van der Waals surface area contributed by atoms with Crippen molar-refractivity contribution < 1.29 is 18.1 Å². The summed E-state index contributed by atoms with van der Waals surface area (Å²) in [5.41, 5.74) is 7.45. The first-order valence-electron chi connectivity index (χ1n) is 12.5. The molecule has 5 aromatic rings. The lowest BCUT2D eigenvalue weighted by Crippen LogP contribution is -2.31. The van der Waals surface area contributed by atoms with Gasteiger partial charge in [0, 0.05) is 34.4 Å². The maximum absolute atomic E-state index is 6.96. The summed E-state index contributed by atoms with van der Waals surface area (Å²) in [5, 5.41) is 3.37. The third kappa shape index (κ3) is 3.37. The SMILES string of the molecule is Cc1c2c(c(CC(C)(C)C)c3c1oc1ccccc13)Oc1c(CC(C)(C)C)oc3cc[n+](C)c-2c13. The summed E-state index contributed by atoms with van der Waals surface area (Å²) >= 11 is 0. The van der Waals surface area contributed by atoms with Crippen LogP contribution in [0.1, 0.15) is 58.4 Å². The Morgan fingerprint density at radius 3 is 2.23 bits per heavy atom. The average Bonchev–Trinajstić information content (AvgIpc) is 3.30.